The fraction of sp³-hybridized carbons (Fsp3) is 0.250. The number of nitrogens with zero attached hydrogens (tertiary/aromatic N) is 3. The van der Waals surface area contributed by atoms with Crippen LogP contribution in [0.2, 0.25) is 0 Å². The van der Waals surface area contributed by atoms with E-state index in [1.54, 1.807) is 17.6 Å². The molecule has 2 amide bonds. The topological polar surface area (TPSA) is 93.5 Å². The number of nitrogens with one attached hydrogen (secondary N) is 1. The number of imidazole rings is 1. The van der Waals surface area contributed by atoms with Crippen molar-refractivity contribution in [2.24, 2.45) is 0 Å². The highest BCUT2D eigenvalue weighted by Crippen LogP contribution is 2.35. The van der Waals surface area contributed by atoms with Gasteiger partial charge in [-0.2, -0.15) is 0 Å². The number of para-hydroxylation sites is 1. The largest absolute Gasteiger partial charge is 0.464 e. The maximum absolute atomic E-state index is 13.7. The van der Waals surface area contributed by atoms with Crippen molar-refractivity contribution in [1.29, 1.82) is 0 Å². The van der Waals surface area contributed by atoms with E-state index in [0.29, 0.717) is 12.2 Å². The summed E-state index contributed by atoms with van der Waals surface area (Å²) in [6.07, 6.45) is 1.40. The minimum atomic E-state index is -1.25. The molecule has 0 saturated heterocycles. The summed E-state index contributed by atoms with van der Waals surface area (Å²) in [7, 11) is 1.24. The molecule has 4 rings (SSSR count). The Morgan fingerprint density at radius 3 is 2.50 bits per heavy atom. The maximum Gasteiger partial charge on any atom is 0.359 e. The Hall–Kier alpha value is -3.94. The summed E-state index contributed by atoms with van der Waals surface area (Å²) in [6.45, 7) is 4.05. The van der Waals surface area contributed by atoms with Gasteiger partial charge in [0.25, 0.3) is 5.91 Å². The molecule has 1 atom stereocenters. The van der Waals surface area contributed by atoms with Crippen LogP contribution < -0.4 is 10.2 Å². The van der Waals surface area contributed by atoms with Crippen LogP contribution in [-0.2, 0) is 22.6 Å². The summed E-state index contributed by atoms with van der Waals surface area (Å²) >= 11 is 0. The molecule has 0 fully saturated rings. The van der Waals surface area contributed by atoms with Crippen molar-refractivity contribution in [3.63, 3.8) is 0 Å². The van der Waals surface area contributed by atoms with E-state index < -0.39 is 17.4 Å². The van der Waals surface area contributed by atoms with E-state index in [1.165, 1.54) is 18.3 Å². The number of hydrogen-bond donors (Lipinski definition) is 1. The highest BCUT2D eigenvalue weighted by atomic mass is 16.5. The quantitative estimate of drug-likeness (QED) is 0.626. The zero-order chi connectivity index (χ0) is 22.9. The Morgan fingerprint density at radius 1 is 1.12 bits per heavy atom. The smallest absolute Gasteiger partial charge is 0.359 e. The second-order valence-electron chi connectivity index (χ2n) is 7.93. The lowest BCUT2D eigenvalue weighted by atomic mass is 9.92. The number of rotatable bonds is 5. The third-order valence-corrected chi connectivity index (χ3v) is 5.74. The number of aryl methyl sites for hydroxylation is 1. The Morgan fingerprint density at radius 2 is 1.81 bits per heavy atom. The number of fused-ring (bicyclic) bond motifs is 1. The van der Waals surface area contributed by atoms with Crippen LogP contribution in [0, 0.1) is 6.92 Å². The van der Waals surface area contributed by atoms with Gasteiger partial charge in [-0.3, -0.25) is 14.5 Å². The van der Waals surface area contributed by atoms with Crippen molar-refractivity contribution in [2.45, 2.75) is 32.5 Å². The monoisotopic (exact) mass is 432 g/mol. The second-order valence-corrected chi connectivity index (χ2v) is 7.93. The van der Waals surface area contributed by atoms with Crippen LogP contribution in [0.3, 0.4) is 0 Å². The molecule has 0 aliphatic carbocycles. The van der Waals surface area contributed by atoms with Gasteiger partial charge < -0.3 is 14.6 Å². The first-order valence-corrected chi connectivity index (χ1v) is 10.2. The number of carbonyl (C=O) groups excluding carboxylic acids is 3. The highest BCUT2D eigenvalue weighted by Gasteiger charge is 2.50. The fourth-order valence-corrected chi connectivity index (χ4v) is 4.04. The number of esters is 1. The molecule has 3 aromatic rings. The molecule has 0 bridgehead atoms. The molecule has 8 nitrogen and oxygen atoms in total. The first kappa shape index (κ1) is 21.3. The van der Waals surface area contributed by atoms with Crippen molar-refractivity contribution in [2.75, 3.05) is 12.0 Å². The number of benzene rings is 2. The molecule has 0 radical (unpaired) electrons. The summed E-state index contributed by atoms with van der Waals surface area (Å²) in [6, 6.07) is 16.9. The average Bonchev–Trinajstić information content (AvgIpc) is 3.22. The van der Waals surface area contributed by atoms with Gasteiger partial charge in [-0.15, -0.1) is 0 Å². The lowest BCUT2D eigenvalue weighted by Crippen LogP contribution is -2.64. The molecule has 0 spiro atoms. The molecule has 1 aliphatic rings. The van der Waals surface area contributed by atoms with Gasteiger partial charge in [0.05, 0.1) is 20.0 Å². The third kappa shape index (κ3) is 3.53. The molecular weight excluding hydrogens is 408 g/mol. The fourth-order valence-electron chi connectivity index (χ4n) is 4.04. The lowest BCUT2D eigenvalue weighted by molar-refractivity contribution is -0.126. The molecule has 1 N–H and O–H groups in total. The number of anilines is 1. The van der Waals surface area contributed by atoms with Gasteiger partial charge in [-0.25, -0.2) is 9.78 Å². The Bertz CT molecular complexity index is 1190. The van der Waals surface area contributed by atoms with Crippen molar-refractivity contribution in [3.05, 3.63) is 83.4 Å². The van der Waals surface area contributed by atoms with Crippen LogP contribution in [0.1, 0.15) is 39.0 Å². The van der Waals surface area contributed by atoms with E-state index in [9.17, 15) is 14.4 Å². The average molecular weight is 432 g/mol. The van der Waals surface area contributed by atoms with Crippen molar-refractivity contribution in [1.82, 2.24) is 14.9 Å². The molecule has 0 saturated carbocycles. The summed E-state index contributed by atoms with van der Waals surface area (Å²) in [5.41, 5.74) is 1.16. The molecule has 32 heavy (non-hydrogen) atoms. The van der Waals surface area contributed by atoms with Crippen LogP contribution in [-0.4, -0.2) is 40.0 Å². The van der Waals surface area contributed by atoms with E-state index in [1.807, 2.05) is 55.5 Å². The Kier molecular flexibility index (Phi) is 5.52. The van der Waals surface area contributed by atoms with Gasteiger partial charge in [-0.1, -0.05) is 48.5 Å². The zero-order valence-electron chi connectivity index (χ0n) is 18.2. The summed E-state index contributed by atoms with van der Waals surface area (Å²) in [5.74, 6) is -1.49. The number of aromatic nitrogens is 2. The molecule has 2 aromatic carbocycles. The van der Waals surface area contributed by atoms with Gasteiger partial charge in [-0.05, 0) is 31.0 Å². The summed E-state index contributed by atoms with van der Waals surface area (Å²) in [4.78, 5) is 45.0. The molecule has 164 valence electrons. The highest BCUT2D eigenvalue weighted by molar-refractivity contribution is 6.15. The number of methoxy groups -OCH3 is 1. The van der Waals surface area contributed by atoms with Crippen LogP contribution >= 0.6 is 0 Å². The van der Waals surface area contributed by atoms with Gasteiger partial charge in [0.1, 0.15) is 11.2 Å². The predicted molar refractivity (Wildman–Crippen MR) is 118 cm³/mol. The van der Waals surface area contributed by atoms with Crippen molar-refractivity contribution < 1.29 is 19.1 Å². The zero-order valence-corrected chi connectivity index (χ0v) is 18.2. The minimum Gasteiger partial charge on any atom is -0.464 e. The normalized spacial score (nSPS) is 17.6. The number of ether oxygens (including phenoxy) is 1. The minimum absolute atomic E-state index is 0.0668. The third-order valence-electron chi connectivity index (χ3n) is 5.74. The van der Waals surface area contributed by atoms with E-state index in [-0.39, 0.29) is 23.8 Å². The van der Waals surface area contributed by atoms with E-state index in [4.69, 9.17) is 4.74 Å². The molecule has 1 aliphatic heterocycles. The van der Waals surface area contributed by atoms with Gasteiger partial charge >= 0.3 is 5.97 Å². The van der Waals surface area contributed by atoms with Crippen LogP contribution in [0.4, 0.5) is 5.69 Å². The van der Waals surface area contributed by atoms with E-state index in [2.05, 4.69) is 10.3 Å². The number of carbonyl (C=O) groups is 3. The SMILES string of the molecule is COC(=O)c1ncn2c1C(=O)N(c1ccccc1C)C(C)(C(=O)NCc1ccccc1)C2. The standard InChI is InChI=1S/C24H24N4O4/c1-16-9-7-8-12-18(16)28-21(29)20-19(22(30)32-3)26-15-27(20)14-24(28,2)23(31)25-13-17-10-5-4-6-11-17/h4-12,15H,13-14H2,1-3H3,(H,25,31). The van der Waals surface area contributed by atoms with Gasteiger partial charge in [0, 0.05) is 12.2 Å². The van der Waals surface area contributed by atoms with Crippen molar-refractivity contribution in [3.8, 4) is 0 Å². The Balaban J connectivity index is 1.78. The van der Waals surface area contributed by atoms with Crippen LogP contribution in [0.5, 0.6) is 0 Å². The van der Waals surface area contributed by atoms with Gasteiger partial charge in [0.2, 0.25) is 5.91 Å². The molecule has 2 heterocycles. The number of amides is 2. The molecule has 1 aromatic heterocycles. The van der Waals surface area contributed by atoms with Crippen LogP contribution in [0.15, 0.2) is 60.9 Å². The first-order chi connectivity index (χ1) is 15.4. The Labute approximate surface area is 185 Å². The summed E-state index contributed by atoms with van der Waals surface area (Å²) < 4.78 is 6.34. The van der Waals surface area contributed by atoms with E-state index in [0.717, 1.165) is 11.1 Å². The summed E-state index contributed by atoms with van der Waals surface area (Å²) in [5, 5.41) is 2.96. The molecular formula is C24H24N4O4. The predicted octanol–water partition coefficient (Wildman–Crippen LogP) is 2.71. The first-order valence-electron chi connectivity index (χ1n) is 10.2. The molecule has 8 heteroatoms. The van der Waals surface area contributed by atoms with Crippen LogP contribution in [0.25, 0.3) is 0 Å². The lowest BCUT2D eigenvalue weighted by Gasteiger charge is -2.44. The number of hydrogen-bond acceptors (Lipinski definition) is 5. The molecule has 1 unspecified atom stereocenters. The maximum atomic E-state index is 13.7. The van der Waals surface area contributed by atoms with E-state index >= 15 is 0 Å². The second kappa shape index (κ2) is 8.30. The van der Waals surface area contributed by atoms with Crippen molar-refractivity contribution >= 4 is 23.5 Å². The van der Waals surface area contributed by atoms with Gasteiger partial charge in [0.15, 0.2) is 5.69 Å².